The van der Waals surface area contributed by atoms with Crippen LogP contribution in [-0.2, 0) is 13.0 Å². The highest BCUT2D eigenvalue weighted by Gasteiger charge is 2.17. The van der Waals surface area contributed by atoms with Crippen LogP contribution >= 0.6 is 0 Å². The van der Waals surface area contributed by atoms with Crippen molar-refractivity contribution < 1.29 is 9.53 Å². The molecule has 0 fully saturated rings. The first-order valence-electron chi connectivity index (χ1n) is 9.03. The SMILES string of the molecule is C=CCOc1cccc2c1cc(C(=O)NCCc1ccccc1)n2CC=C. The van der Waals surface area contributed by atoms with E-state index in [1.54, 1.807) is 12.2 Å². The molecule has 0 saturated heterocycles. The van der Waals surface area contributed by atoms with Gasteiger partial charge < -0.3 is 14.6 Å². The van der Waals surface area contributed by atoms with Crippen LogP contribution < -0.4 is 10.1 Å². The Morgan fingerprint density at radius 2 is 1.89 bits per heavy atom. The van der Waals surface area contributed by atoms with E-state index in [0.717, 1.165) is 23.1 Å². The molecule has 4 heteroatoms. The van der Waals surface area contributed by atoms with Gasteiger partial charge in [-0.1, -0.05) is 55.1 Å². The molecule has 0 bridgehead atoms. The fourth-order valence-corrected chi connectivity index (χ4v) is 3.10. The number of amides is 1. The summed E-state index contributed by atoms with van der Waals surface area (Å²) < 4.78 is 7.70. The number of benzene rings is 2. The molecule has 1 aromatic heterocycles. The monoisotopic (exact) mass is 360 g/mol. The third-order valence-corrected chi connectivity index (χ3v) is 4.35. The molecular formula is C23H24N2O2. The number of allylic oxidation sites excluding steroid dienone is 1. The van der Waals surface area contributed by atoms with E-state index in [4.69, 9.17) is 4.74 Å². The number of nitrogens with one attached hydrogen (secondary N) is 1. The molecular weight excluding hydrogens is 336 g/mol. The van der Waals surface area contributed by atoms with E-state index in [-0.39, 0.29) is 5.91 Å². The predicted octanol–water partition coefficient (Wildman–Crippen LogP) is 4.36. The maximum absolute atomic E-state index is 12.8. The molecule has 1 heterocycles. The van der Waals surface area contributed by atoms with E-state index in [2.05, 4.69) is 30.6 Å². The standard InChI is InChI=1S/C23H24N2O2/c1-3-15-25-20-11-8-12-22(27-16-4-2)19(20)17-21(25)23(26)24-14-13-18-9-6-5-7-10-18/h3-12,17H,1-2,13-16H2,(H,24,26). The molecule has 0 spiro atoms. The van der Waals surface area contributed by atoms with E-state index in [9.17, 15) is 4.79 Å². The summed E-state index contributed by atoms with van der Waals surface area (Å²) in [6.07, 6.45) is 4.29. The van der Waals surface area contributed by atoms with Crippen LogP contribution in [0, 0.1) is 0 Å². The van der Waals surface area contributed by atoms with Crippen molar-refractivity contribution in [3.8, 4) is 5.75 Å². The minimum absolute atomic E-state index is 0.0985. The minimum Gasteiger partial charge on any atom is -0.489 e. The summed E-state index contributed by atoms with van der Waals surface area (Å²) in [5.74, 6) is 0.646. The maximum atomic E-state index is 12.8. The van der Waals surface area contributed by atoms with E-state index >= 15 is 0 Å². The summed E-state index contributed by atoms with van der Waals surface area (Å²) in [5.41, 5.74) is 2.75. The zero-order chi connectivity index (χ0) is 19.1. The molecule has 138 valence electrons. The highest BCUT2D eigenvalue weighted by molar-refractivity contribution is 6.00. The summed E-state index contributed by atoms with van der Waals surface area (Å²) in [7, 11) is 0. The number of ether oxygens (including phenoxy) is 1. The number of carbonyl (C=O) groups excluding carboxylic acids is 1. The summed E-state index contributed by atoms with van der Waals surface area (Å²) in [4.78, 5) is 12.8. The Morgan fingerprint density at radius 3 is 2.63 bits per heavy atom. The van der Waals surface area contributed by atoms with E-state index < -0.39 is 0 Å². The average Bonchev–Trinajstić information content (AvgIpc) is 3.07. The Kier molecular flexibility index (Phi) is 6.10. The van der Waals surface area contributed by atoms with Crippen LogP contribution in [0.5, 0.6) is 5.75 Å². The van der Waals surface area contributed by atoms with Crippen molar-refractivity contribution in [1.29, 1.82) is 0 Å². The third-order valence-electron chi connectivity index (χ3n) is 4.35. The lowest BCUT2D eigenvalue weighted by Gasteiger charge is -2.09. The second kappa shape index (κ2) is 8.90. The topological polar surface area (TPSA) is 43.3 Å². The maximum Gasteiger partial charge on any atom is 0.267 e. The van der Waals surface area contributed by atoms with Crippen molar-refractivity contribution in [2.45, 2.75) is 13.0 Å². The van der Waals surface area contributed by atoms with Gasteiger partial charge in [0, 0.05) is 18.5 Å². The smallest absolute Gasteiger partial charge is 0.267 e. The van der Waals surface area contributed by atoms with Crippen LogP contribution in [0.25, 0.3) is 10.9 Å². The number of aromatic nitrogens is 1. The molecule has 1 amide bonds. The van der Waals surface area contributed by atoms with E-state index in [0.29, 0.717) is 25.4 Å². The summed E-state index contributed by atoms with van der Waals surface area (Å²) in [6.45, 7) is 9.06. The zero-order valence-corrected chi connectivity index (χ0v) is 15.4. The molecule has 3 aromatic rings. The van der Waals surface area contributed by atoms with Gasteiger partial charge in [0.15, 0.2) is 0 Å². The van der Waals surface area contributed by atoms with Crippen molar-refractivity contribution in [3.63, 3.8) is 0 Å². The molecule has 0 aliphatic heterocycles. The lowest BCUT2D eigenvalue weighted by atomic mass is 10.1. The fraction of sp³-hybridized carbons (Fsp3) is 0.174. The Hall–Kier alpha value is -3.27. The van der Waals surface area contributed by atoms with Crippen LogP contribution in [0.4, 0.5) is 0 Å². The van der Waals surface area contributed by atoms with Gasteiger partial charge in [-0.05, 0) is 30.2 Å². The highest BCUT2D eigenvalue weighted by Crippen LogP contribution is 2.29. The molecule has 0 saturated carbocycles. The number of hydrogen-bond acceptors (Lipinski definition) is 2. The van der Waals surface area contributed by atoms with Crippen molar-refractivity contribution in [1.82, 2.24) is 9.88 Å². The van der Waals surface area contributed by atoms with Gasteiger partial charge in [0.2, 0.25) is 0 Å². The van der Waals surface area contributed by atoms with Gasteiger partial charge in [-0.3, -0.25) is 4.79 Å². The summed E-state index contributed by atoms with van der Waals surface area (Å²) >= 11 is 0. The quantitative estimate of drug-likeness (QED) is 0.576. The van der Waals surface area contributed by atoms with Gasteiger partial charge >= 0.3 is 0 Å². The van der Waals surface area contributed by atoms with Crippen molar-refractivity contribution in [2.24, 2.45) is 0 Å². The van der Waals surface area contributed by atoms with Crippen LogP contribution in [-0.4, -0.2) is 23.6 Å². The molecule has 0 radical (unpaired) electrons. The molecule has 4 nitrogen and oxygen atoms in total. The first-order chi connectivity index (χ1) is 13.2. The summed E-state index contributed by atoms with van der Waals surface area (Å²) in [5, 5.41) is 3.93. The second-order valence-corrected chi connectivity index (χ2v) is 6.21. The van der Waals surface area contributed by atoms with Crippen LogP contribution in [0.2, 0.25) is 0 Å². The Balaban J connectivity index is 1.83. The predicted molar refractivity (Wildman–Crippen MR) is 110 cm³/mol. The molecule has 0 aliphatic rings. The first kappa shape index (κ1) is 18.5. The lowest BCUT2D eigenvalue weighted by Crippen LogP contribution is -2.27. The molecule has 1 N–H and O–H groups in total. The Morgan fingerprint density at radius 1 is 1.07 bits per heavy atom. The first-order valence-corrected chi connectivity index (χ1v) is 9.03. The average molecular weight is 360 g/mol. The number of nitrogens with zero attached hydrogens (tertiary/aromatic N) is 1. The van der Waals surface area contributed by atoms with E-state index in [1.807, 2.05) is 47.0 Å². The van der Waals surface area contributed by atoms with Gasteiger partial charge in [0.25, 0.3) is 5.91 Å². The minimum atomic E-state index is -0.0985. The van der Waals surface area contributed by atoms with Crippen molar-refractivity contribution >= 4 is 16.8 Å². The summed E-state index contributed by atoms with van der Waals surface area (Å²) in [6, 6.07) is 17.8. The van der Waals surface area contributed by atoms with Crippen LogP contribution in [0.15, 0.2) is 79.9 Å². The number of carbonyl (C=O) groups is 1. The van der Waals surface area contributed by atoms with E-state index in [1.165, 1.54) is 5.56 Å². The molecule has 0 aliphatic carbocycles. The van der Waals surface area contributed by atoms with Gasteiger partial charge in [0.1, 0.15) is 18.1 Å². The molecule has 3 rings (SSSR count). The number of rotatable bonds is 9. The number of hydrogen-bond donors (Lipinski definition) is 1. The van der Waals surface area contributed by atoms with Crippen LogP contribution in [0.1, 0.15) is 16.1 Å². The normalized spacial score (nSPS) is 10.5. The number of fused-ring (bicyclic) bond motifs is 1. The largest absolute Gasteiger partial charge is 0.489 e. The van der Waals surface area contributed by atoms with Gasteiger partial charge in [-0.25, -0.2) is 0 Å². The lowest BCUT2D eigenvalue weighted by molar-refractivity contribution is 0.0946. The second-order valence-electron chi connectivity index (χ2n) is 6.21. The fourth-order valence-electron chi connectivity index (χ4n) is 3.10. The Bertz CT molecular complexity index is 942. The third kappa shape index (κ3) is 4.29. The molecule has 0 unspecified atom stereocenters. The molecule has 2 aromatic carbocycles. The van der Waals surface area contributed by atoms with Crippen molar-refractivity contribution in [3.05, 3.63) is 91.2 Å². The molecule has 0 atom stereocenters. The van der Waals surface area contributed by atoms with Gasteiger partial charge in [-0.15, -0.1) is 6.58 Å². The van der Waals surface area contributed by atoms with Crippen LogP contribution in [0.3, 0.4) is 0 Å². The van der Waals surface area contributed by atoms with Crippen molar-refractivity contribution in [2.75, 3.05) is 13.2 Å². The van der Waals surface area contributed by atoms with Gasteiger partial charge in [0.05, 0.1) is 5.52 Å². The Labute approximate surface area is 159 Å². The van der Waals surface area contributed by atoms with Gasteiger partial charge in [-0.2, -0.15) is 0 Å². The molecule has 27 heavy (non-hydrogen) atoms. The zero-order valence-electron chi connectivity index (χ0n) is 15.4. The highest BCUT2D eigenvalue weighted by atomic mass is 16.5.